The van der Waals surface area contributed by atoms with Crippen LogP contribution in [0.15, 0.2) is 52.9 Å². The van der Waals surface area contributed by atoms with Crippen LogP contribution in [0.5, 0.6) is 0 Å². The monoisotopic (exact) mass is 426 g/mol. The van der Waals surface area contributed by atoms with E-state index in [4.69, 9.17) is 16.0 Å². The highest BCUT2D eigenvalue weighted by atomic mass is 35.5. The first kappa shape index (κ1) is 21.8. The molecule has 30 heavy (non-hydrogen) atoms. The lowest BCUT2D eigenvalue weighted by Crippen LogP contribution is -2.31. The Morgan fingerprint density at radius 3 is 2.63 bits per heavy atom. The Bertz CT molecular complexity index is 987. The van der Waals surface area contributed by atoms with Gasteiger partial charge in [-0.05, 0) is 42.7 Å². The summed E-state index contributed by atoms with van der Waals surface area (Å²) < 4.78 is 5.78. The smallest absolute Gasteiger partial charge is 0.249 e. The fourth-order valence-electron chi connectivity index (χ4n) is 3.19. The number of benzene rings is 2. The Morgan fingerprint density at radius 2 is 1.90 bits per heavy atom. The van der Waals surface area contributed by atoms with E-state index in [0.29, 0.717) is 48.3 Å². The number of hydrogen-bond donors (Lipinski definition) is 0. The molecule has 3 rings (SSSR count). The van der Waals surface area contributed by atoms with Crippen LogP contribution >= 0.6 is 11.6 Å². The van der Waals surface area contributed by atoms with Crippen LogP contribution in [0.1, 0.15) is 31.2 Å². The number of halogens is 1. The van der Waals surface area contributed by atoms with Crippen molar-refractivity contribution in [3.63, 3.8) is 0 Å². The Balaban J connectivity index is 1.65. The molecule has 0 aliphatic rings. The highest BCUT2D eigenvalue weighted by Gasteiger charge is 2.18. The van der Waals surface area contributed by atoms with Gasteiger partial charge in [-0.1, -0.05) is 42.8 Å². The standard InChI is InChI=1S/C23H27ClN4O2/c1-4-14-28(22(29)13-12-17-8-7-9-18(15-17)27(2)3)16-21-25-26-23(30-21)19-10-5-6-11-20(19)24/h5-11,15H,4,12-14,16H2,1-3H3. The molecule has 0 N–H and O–H groups in total. The van der Waals surface area contributed by atoms with Crippen molar-refractivity contribution in [1.29, 1.82) is 0 Å². The van der Waals surface area contributed by atoms with Crippen LogP contribution in [-0.2, 0) is 17.8 Å². The summed E-state index contributed by atoms with van der Waals surface area (Å²) >= 11 is 6.21. The first-order valence-corrected chi connectivity index (χ1v) is 10.5. The molecule has 1 aromatic heterocycles. The molecule has 3 aromatic rings. The zero-order valence-corrected chi connectivity index (χ0v) is 18.4. The fraction of sp³-hybridized carbons (Fsp3) is 0.348. The predicted octanol–water partition coefficient (Wildman–Crippen LogP) is 4.83. The van der Waals surface area contributed by atoms with Gasteiger partial charge in [-0.25, -0.2) is 0 Å². The lowest BCUT2D eigenvalue weighted by molar-refractivity contribution is -0.132. The van der Waals surface area contributed by atoms with Gasteiger partial charge in [-0.15, -0.1) is 10.2 Å². The molecule has 0 saturated heterocycles. The Hall–Kier alpha value is -2.86. The topological polar surface area (TPSA) is 62.5 Å². The van der Waals surface area contributed by atoms with E-state index < -0.39 is 0 Å². The van der Waals surface area contributed by atoms with Crippen LogP contribution in [0, 0.1) is 0 Å². The molecule has 0 fully saturated rings. The van der Waals surface area contributed by atoms with Gasteiger partial charge in [0.1, 0.15) is 0 Å². The summed E-state index contributed by atoms with van der Waals surface area (Å²) in [7, 11) is 4.02. The summed E-state index contributed by atoms with van der Waals surface area (Å²) in [6.45, 7) is 2.98. The summed E-state index contributed by atoms with van der Waals surface area (Å²) in [5.74, 6) is 0.839. The zero-order valence-electron chi connectivity index (χ0n) is 17.6. The number of aromatic nitrogens is 2. The van der Waals surface area contributed by atoms with Crippen molar-refractivity contribution in [2.75, 3.05) is 25.5 Å². The summed E-state index contributed by atoms with van der Waals surface area (Å²) in [4.78, 5) is 16.7. The number of carbonyl (C=O) groups is 1. The Kier molecular flexibility index (Phi) is 7.46. The number of nitrogens with zero attached hydrogens (tertiary/aromatic N) is 4. The van der Waals surface area contributed by atoms with E-state index in [9.17, 15) is 4.79 Å². The van der Waals surface area contributed by atoms with E-state index in [1.165, 1.54) is 0 Å². The van der Waals surface area contributed by atoms with E-state index in [2.05, 4.69) is 33.3 Å². The Labute approximate surface area is 182 Å². The molecule has 6 nitrogen and oxygen atoms in total. The van der Waals surface area contributed by atoms with E-state index >= 15 is 0 Å². The van der Waals surface area contributed by atoms with Gasteiger partial charge >= 0.3 is 0 Å². The van der Waals surface area contributed by atoms with Crippen LogP contribution in [0.2, 0.25) is 5.02 Å². The van der Waals surface area contributed by atoms with Crippen molar-refractivity contribution in [3.05, 3.63) is 65.0 Å². The minimum Gasteiger partial charge on any atom is -0.419 e. The second-order valence-corrected chi connectivity index (χ2v) is 7.77. The molecule has 0 spiro atoms. The normalized spacial score (nSPS) is 10.8. The van der Waals surface area contributed by atoms with Gasteiger partial charge in [0.15, 0.2) is 0 Å². The third-order valence-corrected chi connectivity index (χ3v) is 5.13. The van der Waals surface area contributed by atoms with Gasteiger partial charge in [0.2, 0.25) is 17.7 Å². The molecule has 0 unspecified atom stereocenters. The van der Waals surface area contributed by atoms with E-state index in [0.717, 1.165) is 17.7 Å². The van der Waals surface area contributed by atoms with Crippen molar-refractivity contribution in [2.24, 2.45) is 0 Å². The van der Waals surface area contributed by atoms with Crippen LogP contribution < -0.4 is 4.90 Å². The fourth-order valence-corrected chi connectivity index (χ4v) is 3.40. The quantitative estimate of drug-likeness (QED) is 0.490. The van der Waals surface area contributed by atoms with Crippen LogP contribution in [0.25, 0.3) is 11.5 Å². The van der Waals surface area contributed by atoms with Crippen LogP contribution in [-0.4, -0.2) is 41.6 Å². The number of hydrogen-bond acceptors (Lipinski definition) is 5. The summed E-state index contributed by atoms with van der Waals surface area (Å²) in [6, 6.07) is 15.6. The number of carbonyl (C=O) groups excluding carboxylic acids is 1. The molecular weight excluding hydrogens is 400 g/mol. The lowest BCUT2D eigenvalue weighted by Gasteiger charge is -2.20. The molecule has 0 bridgehead atoms. The number of amides is 1. The minimum absolute atomic E-state index is 0.0737. The van der Waals surface area contributed by atoms with Crippen molar-refractivity contribution >= 4 is 23.2 Å². The zero-order chi connectivity index (χ0) is 21.5. The second kappa shape index (κ2) is 10.3. The first-order chi connectivity index (χ1) is 14.5. The molecule has 2 aromatic carbocycles. The van der Waals surface area contributed by atoms with E-state index in [1.54, 1.807) is 11.0 Å². The van der Waals surface area contributed by atoms with Crippen molar-refractivity contribution in [3.8, 4) is 11.5 Å². The summed E-state index contributed by atoms with van der Waals surface area (Å²) in [6.07, 6.45) is 1.98. The van der Waals surface area contributed by atoms with Gasteiger partial charge < -0.3 is 14.2 Å². The molecule has 1 amide bonds. The highest BCUT2D eigenvalue weighted by Crippen LogP contribution is 2.26. The predicted molar refractivity (Wildman–Crippen MR) is 120 cm³/mol. The van der Waals surface area contributed by atoms with Gasteiger partial charge in [0, 0.05) is 32.7 Å². The van der Waals surface area contributed by atoms with Gasteiger partial charge in [0.25, 0.3) is 0 Å². The maximum absolute atomic E-state index is 12.9. The highest BCUT2D eigenvalue weighted by molar-refractivity contribution is 6.33. The minimum atomic E-state index is 0.0737. The molecule has 0 aliphatic carbocycles. The lowest BCUT2D eigenvalue weighted by atomic mass is 10.1. The van der Waals surface area contributed by atoms with Crippen molar-refractivity contribution in [1.82, 2.24) is 15.1 Å². The third kappa shape index (κ3) is 5.60. The van der Waals surface area contributed by atoms with Crippen molar-refractivity contribution < 1.29 is 9.21 Å². The Morgan fingerprint density at radius 1 is 1.10 bits per heavy atom. The molecule has 0 saturated carbocycles. The van der Waals surface area contributed by atoms with Gasteiger partial charge in [0.05, 0.1) is 17.1 Å². The average Bonchev–Trinajstić information content (AvgIpc) is 3.20. The molecule has 0 atom stereocenters. The van der Waals surface area contributed by atoms with Crippen molar-refractivity contribution in [2.45, 2.75) is 32.7 Å². The maximum Gasteiger partial charge on any atom is 0.249 e. The number of anilines is 1. The molecule has 0 aliphatic heterocycles. The maximum atomic E-state index is 12.9. The molecule has 158 valence electrons. The molecule has 0 radical (unpaired) electrons. The van der Waals surface area contributed by atoms with E-state index in [1.807, 2.05) is 45.3 Å². The summed E-state index contributed by atoms with van der Waals surface area (Å²) in [5.41, 5.74) is 2.96. The number of rotatable bonds is 9. The number of aryl methyl sites for hydroxylation is 1. The van der Waals surface area contributed by atoms with Gasteiger partial charge in [-0.2, -0.15) is 0 Å². The van der Waals surface area contributed by atoms with E-state index in [-0.39, 0.29) is 5.91 Å². The molecule has 1 heterocycles. The van der Waals surface area contributed by atoms with Crippen LogP contribution in [0.4, 0.5) is 5.69 Å². The molecule has 7 heteroatoms. The third-order valence-electron chi connectivity index (χ3n) is 4.80. The first-order valence-electron chi connectivity index (χ1n) is 10.1. The largest absolute Gasteiger partial charge is 0.419 e. The summed E-state index contributed by atoms with van der Waals surface area (Å²) in [5, 5.41) is 8.76. The molecular formula is C23H27ClN4O2. The van der Waals surface area contributed by atoms with Crippen LogP contribution in [0.3, 0.4) is 0 Å². The second-order valence-electron chi connectivity index (χ2n) is 7.36. The van der Waals surface area contributed by atoms with Gasteiger partial charge in [-0.3, -0.25) is 4.79 Å². The SMILES string of the molecule is CCCN(Cc1nnc(-c2ccccc2Cl)o1)C(=O)CCc1cccc(N(C)C)c1. The average molecular weight is 427 g/mol.